The predicted octanol–water partition coefficient (Wildman–Crippen LogP) is 3.30. The number of hydrogen-bond donors (Lipinski definition) is 2. The van der Waals surface area contributed by atoms with Gasteiger partial charge in [-0.15, -0.1) is 24.0 Å². The fourth-order valence-electron chi connectivity index (χ4n) is 3.28. The van der Waals surface area contributed by atoms with Crippen LogP contribution in [-0.2, 0) is 13.1 Å². The molecule has 1 saturated heterocycles. The van der Waals surface area contributed by atoms with Crippen LogP contribution in [0.3, 0.4) is 0 Å². The summed E-state index contributed by atoms with van der Waals surface area (Å²) in [5.41, 5.74) is 2.62. The first-order valence-corrected chi connectivity index (χ1v) is 10.2. The van der Waals surface area contributed by atoms with Crippen LogP contribution < -0.4 is 10.6 Å². The zero-order valence-electron chi connectivity index (χ0n) is 17.3. The SMILES string of the molecule is CCNC(=NCc1cccc(CN(C)CC)c1)NCCN1CCCCC1.I. The Morgan fingerprint density at radius 1 is 1.11 bits per heavy atom. The molecule has 6 heteroatoms. The molecule has 1 aromatic rings. The average molecular weight is 487 g/mol. The molecule has 0 aromatic heterocycles. The normalized spacial score (nSPS) is 15.5. The topological polar surface area (TPSA) is 42.9 Å². The van der Waals surface area contributed by atoms with Crippen molar-refractivity contribution in [3.8, 4) is 0 Å². The van der Waals surface area contributed by atoms with Gasteiger partial charge >= 0.3 is 0 Å². The summed E-state index contributed by atoms with van der Waals surface area (Å²) in [4.78, 5) is 9.63. The summed E-state index contributed by atoms with van der Waals surface area (Å²) in [7, 11) is 2.15. The minimum atomic E-state index is 0. The van der Waals surface area contributed by atoms with E-state index >= 15 is 0 Å². The molecule has 1 aromatic carbocycles. The first kappa shape index (κ1) is 24.2. The molecule has 2 N–H and O–H groups in total. The molecular formula is C21H38IN5. The summed E-state index contributed by atoms with van der Waals surface area (Å²) >= 11 is 0. The Morgan fingerprint density at radius 3 is 2.56 bits per heavy atom. The Bertz CT molecular complexity index is 543. The lowest BCUT2D eigenvalue weighted by atomic mass is 10.1. The third kappa shape index (κ3) is 9.76. The van der Waals surface area contributed by atoms with Crippen LogP contribution >= 0.6 is 24.0 Å². The number of nitrogens with zero attached hydrogens (tertiary/aromatic N) is 3. The molecule has 0 aliphatic carbocycles. The first-order valence-electron chi connectivity index (χ1n) is 10.2. The number of halogens is 1. The largest absolute Gasteiger partial charge is 0.357 e. The average Bonchev–Trinajstić information content (AvgIpc) is 2.67. The van der Waals surface area contributed by atoms with Crippen molar-refractivity contribution in [3.63, 3.8) is 0 Å². The molecule has 0 saturated carbocycles. The maximum atomic E-state index is 4.77. The summed E-state index contributed by atoms with van der Waals surface area (Å²) in [6.07, 6.45) is 4.08. The molecule has 1 fully saturated rings. The van der Waals surface area contributed by atoms with E-state index in [1.54, 1.807) is 0 Å². The number of nitrogens with one attached hydrogen (secondary N) is 2. The highest BCUT2D eigenvalue weighted by molar-refractivity contribution is 14.0. The lowest BCUT2D eigenvalue weighted by Gasteiger charge is -2.26. The van der Waals surface area contributed by atoms with Gasteiger partial charge in [-0.1, -0.05) is 37.6 Å². The quantitative estimate of drug-likeness (QED) is 0.319. The Balaban J connectivity index is 0.00000364. The van der Waals surface area contributed by atoms with Crippen molar-refractivity contribution in [2.24, 2.45) is 4.99 Å². The first-order chi connectivity index (χ1) is 12.7. The highest BCUT2D eigenvalue weighted by atomic mass is 127. The van der Waals surface area contributed by atoms with Gasteiger partial charge in [0.1, 0.15) is 0 Å². The maximum Gasteiger partial charge on any atom is 0.191 e. The fourth-order valence-corrected chi connectivity index (χ4v) is 3.28. The van der Waals surface area contributed by atoms with Crippen molar-refractivity contribution in [2.75, 3.05) is 46.3 Å². The van der Waals surface area contributed by atoms with Gasteiger partial charge in [0.05, 0.1) is 6.54 Å². The molecule has 1 aliphatic rings. The van der Waals surface area contributed by atoms with E-state index in [1.807, 2.05) is 0 Å². The molecule has 1 aliphatic heterocycles. The minimum absolute atomic E-state index is 0. The molecular weight excluding hydrogens is 449 g/mol. The van der Waals surface area contributed by atoms with Crippen molar-refractivity contribution in [1.29, 1.82) is 0 Å². The van der Waals surface area contributed by atoms with Crippen LogP contribution in [0.5, 0.6) is 0 Å². The molecule has 1 heterocycles. The van der Waals surface area contributed by atoms with Gasteiger partial charge in [-0.05, 0) is 57.6 Å². The van der Waals surface area contributed by atoms with Crippen LogP contribution in [0, 0.1) is 0 Å². The second-order valence-electron chi connectivity index (χ2n) is 7.17. The standard InChI is InChI=1S/C21H37N5.HI/c1-4-22-21(23-12-15-26-13-7-6-8-14-26)24-17-19-10-9-11-20(16-19)18-25(3)5-2;/h9-11,16H,4-8,12-15,17-18H2,1-3H3,(H2,22,23,24);1H. The van der Waals surface area contributed by atoms with E-state index in [1.165, 1.54) is 43.5 Å². The number of hydrogen-bond acceptors (Lipinski definition) is 3. The molecule has 0 spiro atoms. The molecule has 0 amide bonds. The van der Waals surface area contributed by atoms with Gasteiger partial charge in [-0.25, -0.2) is 4.99 Å². The van der Waals surface area contributed by atoms with Gasteiger partial charge in [0.25, 0.3) is 0 Å². The zero-order valence-corrected chi connectivity index (χ0v) is 19.7. The number of piperidine rings is 1. The van der Waals surface area contributed by atoms with Crippen molar-refractivity contribution >= 4 is 29.9 Å². The van der Waals surface area contributed by atoms with Crippen molar-refractivity contribution in [3.05, 3.63) is 35.4 Å². The Hall–Kier alpha value is -0.860. The van der Waals surface area contributed by atoms with Crippen LogP contribution in [0.25, 0.3) is 0 Å². The van der Waals surface area contributed by atoms with Gasteiger partial charge in [0.2, 0.25) is 0 Å². The summed E-state index contributed by atoms with van der Waals surface area (Å²) in [6.45, 7) is 12.5. The van der Waals surface area contributed by atoms with Crippen LogP contribution in [0.1, 0.15) is 44.2 Å². The predicted molar refractivity (Wildman–Crippen MR) is 127 cm³/mol. The molecule has 0 atom stereocenters. The van der Waals surface area contributed by atoms with Crippen molar-refractivity contribution < 1.29 is 0 Å². The summed E-state index contributed by atoms with van der Waals surface area (Å²) in [6, 6.07) is 8.77. The molecule has 154 valence electrons. The lowest BCUT2D eigenvalue weighted by molar-refractivity contribution is 0.232. The highest BCUT2D eigenvalue weighted by Crippen LogP contribution is 2.09. The van der Waals surface area contributed by atoms with Crippen LogP contribution in [0.4, 0.5) is 0 Å². The van der Waals surface area contributed by atoms with Gasteiger partial charge in [-0.3, -0.25) is 0 Å². The number of rotatable bonds is 9. The van der Waals surface area contributed by atoms with Gasteiger partial charge in [0, 0.05) is 26.2 Å². The Morgan fingerprint density at radius 2 is 1.85 bits per heavy atom. The van der Waals surface area contributed by atoms with E-state index in [2.05, 4.69) is 65.6 Å². The van der Waals surface area contributed by atoms with E-state index in [9.17, 15) is 0 Å². The third-order valence-corrected chi connectivity index (χ3v) is 4.92. The van der Waals surface area contributed by atoms with E-state index in [0.717, 1.165) is 38.7 Å². The summed E-state index contributed by atoms with van der Waals surface area (Å²) in [5.74, 6) is 0.917. The smallest absolute Gasteiger partial charge is 0.191 e. The van der Waals surface area contributed by atoms with Gasteiger partial charge < -0.3 is 20.4 Å². The second-order valence-corrected chi connectivity index (χ2v) is 7.17. The van der Waals surface area contributed by atoms with Crippen LogP contribution in [0.15, 0.2) is 29.3 Å². The molecule has 0 unspecified atom stereocenters. The molecule has 5 nitrogen and oxygen atoms in total. The summed E-state index contributed by atoms with van der Waals surface area (Å²) in [5, 5.41) is 6.84. The number of guanidine groups is 1. The molecule has 0 radical (unpaired) electrons. The zero-order chi connectivity index (χ0) is 18.6. The second kappa shape index (κ2) is 14.2. The van der Waals surface area contributed by atoms with Crippen molar-refractivity contribution in [2.45, 2.75) is 46.2 Å². The fraction of sp³-hybridized carbons (Fsp3) is 0.667. The Labute approximate surface area is 183 Å². The van der Waals surface area contributed by atoms with Crippen LogP contribution in [0.2, 0.25) is 0 Å². The minimum Gasteiger partial charge on any atom is -0.357 e. The van der Waals surface area contributed by atoms with E-state index < -0.39 is 0 Å². The highest BCUT2D eigenvalue weighted by Gasteiger charge is 2.09. The maximum absolute atomic E-state index is 4.77. The summed E-state index contributed by atoms with van der Waals surface area (Å²) < 4.78 is 0. The van der Waals surface area contributed by atoms with Crippen molar-refractivity contribution in [1.82, 2.24) is 20.4 Å². The number of benzene rings is 1. The molecule has 0 bridgehead atoms. The van der Waals surface area contributed by atoms with Crippen LogP contribution in [-0.4, -0.2) is 62.1 Å². The molecule has 2 rings (SSSR count). The molecule has 27 heavy (non-hydrogen) atoms. The number of likely N-dealkylation sites (tertiary alicyclic amines) is 1. The van der Waals surface area contributed by atoms with Gasteiger partial charge in [0.15, 0.2) is 5.96 Å². The third-order valence-electron chi connectivity index (χ3n) is 4.92. The van der Waals surface area contributed by atoms with E-state index in [-0.39, 0.29) is 24.0 Å². The Kier molecular flexibility index (Phi) is 12.7. The van der Waals surface area contributed by atoms with E-state index in [4.69, 9.17) is 4.99 Å². The lowest BCUT2D eigenvalue weighted by Crippen LogP contribution is -2.42. The van der Waals surface area contributed by atoms with Gasteiger partial charge in [-0.2, -0.15) is 0 Å². The van der Waals surface area contributed by atoms with E-state index in [0.29, 0.717) is 6.54 Å². The number of aliphatic imine (C=N–C) groups is 1. The monoisotopic (exact) mass is 487 g/mol.